The van der Waals surface area contributed by atoms with Crippen molar-refractivity contribution in [3.63, 3.8) is 0 Å². The van der Waals surface area contributed by atoms with Crippen LogP contribution in [0.5, 0.6) is 0 Å². The fraction of sp³-hybridized carbons (Fsp3) is 0.500. The molecule has 0 bridgehead atoms. The second-order valence-corrected chi connectivity index (χ2v) is 3.09. The van der Waals surface area contributed by atoms with Crippen LogP contribution in [-0.4, -0.2) is 78.9 Å². The average molecular weight is 362 g/mol. The molecule has 0 aliphatic heterocycles. The first-order valence-electron chi connectivity index (χ1n) is 4.53. The quantitative estimate of drug-likeness (QED) is 0.242. The molecule has 4 atom stereocenters. The summed E-state index contributed by atoms with van der Waals surface area (Å²) >= 11 is 0. The van der Waals surface area contributed by atoms with Crippen LogP contribution in [0.3, 0.4) is 0 Å². The zero-order chi connectivity index (χ0) is 16.6. The van der Waals surface area contributed by atoms with E-state index < -0.39 is 48.3 Å². The maximum Gasteiger partial charge on any atom is 2.00 e. The molecule has 0 rings (SSSR count). The minimum absolute atomic E-state index is 0. The number of hydrogen-bond acceptors (Lipinski definition) is 10. The molecule has 13 heteroatoms. The van der Waals surface area contributed by atoms with Gasteiger partial charge in [-0.25, -0.2) is 9.59 Å². The third-order valence-corrected chi connectivity index (χ3v) is 1.59. The topological polar surface area (TPSA) is 236 Å². The number of carbonyl (C=O) groups is 4. The molecule has 12 nitrogen and oxygen atoms in total. The number of aliphatic carboxylic acids is 4. The fourth-order valence-corrected chi connectivity index (χ4v) is 0.528. The molecule has 4 unspecified atom stereocenters. The molecule has 21 heavy (non-hydrogen) atoms. The summed E-state index contributed by atoms with van der Waals surface area (Å²) in [4.78, 5) is 38.8. The predicted octanol–water partition coefficient (Wildman–Crippen LogP) is -6.92. The molecule has 0 aliphatic rings. The van der Waals surface area contributed by atoms with Gasteiger partial charge in [0, 0.05) is 0 Å². The summed E-state index contributed by atoms with van der Waals surface area (Å²) in [6, 6.07) is 0. The van der Waals surface area contributed by atoms with Crippen LogP contribution in [0, 0.1) is 0 Å². The summed E-state index contributed by atoms with van der Waals surface area (Å²) in [6.45, 7) is 0. The number of carboxylic acid groups (broad SMARTS) is 4. The zero-order valence-electron chi connectivity index (χ0n) is 9.74. The van der Waals surface area contributed by atoms with Gasteiger partial charge in [0.05, 0.1) is 11.9 Å². The van der Waals surface area contributed by atoms with Gasteiger partial charge in [-0.2, -0.15) is 0 Å². The van der Waals surface area contributed by atoms with Gasteiger partial charge in [-0.05, 0) is 0 Å². The summed E-state index contributed by atoms with van der Waals surface area (Å²) in [5, 5.41) is 68.3. The predicted molar refractivity (Wildman–Crippen MR) is 49.3 cm³/mol. The number of carboxylic acids is 4. The van der Waals surface area contributed by atoms with Gasteiger partial charge < -0.3 is 50.4 Å². The van der Waals surface area contributed by atoms with Crippen molar-refractivity contribution in [2.45, 2.75) is 24.4 Å². The van der Waals surface area contributed by atoms with E-state index in [1.807, 2.05) is 0 Å². The van der Waals surface area contributed by atoms with Crippen molar-refractivity contribution in [2.24, 2.45) is 0 Å². The van der Waals surface area contributed by atoms with Crippen LogP contribution in [0.4, 0.5) is 0 Å². The third kappa shape index (κ3) is 9.73. The number of aliphatic hydroxyl groups excluding tert-OH is 4. The molecule has 0 aromatic rings. The van der Waals surface area contributed by atoms with E-state index in [-0.39, 0.29) is 17.1 Å². The fourth-order valence-electron chi connectivity index (χ4n) is 0.528. The first-order chi connectivity index (χ1) is 8.93. The molecule has 125 valence electrons. The number of hydrogen-bond donors (Lipinski definition) is 6. The van der Waals surface area contributed by atoms with Crippen molar-refractivity contribution in [2.75, 3.05) is 0 Å². The second-order valence-electron chi connectivity index (χ2n) is 3.09. The molecule has 0 aromatic heterocycles. The maximum atomic E-state index is 9.77. The van der Waals surface area contributed by atoms with Gasteiger partial charge in [-0.3, -0.25) is 0 Å². The molecule has 0 spiro atoms. The molecule has 1 radical (unpaired) electrons. The van der Waals surface area contributed by atoms with Crippen molar-refractivity contribution in [3.05, 3.63) is 0 Å². The number of carbonyl (C=O) groups excluding carboxylic acids is 2. The molecule has 0 heterocycles. The molecule has 0 amide bonds. The second kappa shape index (κ2) is 11.0. The smallest absolute Gasteiger partial charge is 0.547 e. The first-order valence-corrected chi connectivity index (χ1v) is 4.53. The van der Waals surface area contributed by atoms with E-state index >= 15 is 0 Å². The Hall–Kier alpha value is -1.76. The standard InChI is InChI=1S/2C4H6O6.Cu/c2*5-1(3(7)8)2(6)4(9)10;/h2*1-2,5-6H,(H,7,8)(H,9,10);/q;;+2/p-2. The van der Waals surface area contributed by atoms with Crippen molar-refractivity contribution < 1.29 is 77.1 Å². The van der Waals surface area contributed by atoms with E-state index in [0.29, 0.717) is 0 Å². The van der Waals surface area contributed by atoms with Gasteiger partial charge in [-0.15, -0.1) is 0 Å². The van der Waals surface area contributed by atoms with Crippen molar-refractivity contribution >= 4 is 23.9 Å². The number of rotatable bonds is 6. The van der Waals surface area contributed by atoms with Crippen LogP contribution < -0.4 is 10.2 Å². The Labute approximate surface area is 126 Å². The molecular weight excluding hydrogens is 352 g/mol. The average Bonchev–Trinajstić information content (AvgIpc) is 2.35. The van der Waals surface area contributed by atoms with Crippen LogP contribution in [-0.2, 0) is 36.2 Å². The van der Waals surface area contributed by atoms with Crippen molar-refractivity contribution in [3.8, 4) is 0 Å². The minimum atomic E-state index is -2.44. The molecular formula is C8H10CuO12. The Morgan fingerprint density at radius 2 is 0.810 bits per heavy atom. The SMILES string of the molecule is O=C(O)C(O)C(O)C(=O)O.O=C([O-])C(O)C(O)C(=O)[O-].[Cu+2]. The Morgan fingerprint density at radius 3 is 0.905 bits per heavy atom. The van der Waals surface area contributed by atoms with E-state index in [1.165, 1.54) is 0 Å². The largest absolute Gasteiger partial charge is 2.00 e. The van der Waals surface area contributed by atoms with Gasteiger partial charge in [0.1, 0.15) is 12.2 Å². The van der Waals surface area contributed by atoms with Crippen LogP contribution in [0.2, 0.25) is 0 Å². The zero-order valence-corrected chi connectivity index (χ0v) is 10.7. The molecule has 0 aromatic carbocycles. The van der Waals surface area contributed by atoms with E-state index in [1.54, 1.807) is 0 Å². The van der Waals surface area contributed by atoms with E-state index in [0.717, 1.165) is 0 Å². The van der Waals surface area contributed by atoms with E-state index in [4.69, 9.17) is 30.6 Å². The molecule has 0 fully saturated rings. The summed E-state index contributed by atoms with van der Waals surface area (Å²) in [6.07, 6.45) is -9.41. The minimum Gasteiger partial charge on any atom is -0.547 e. The number of aliphatic hydroxyl groups is 4. The van der Waals surface area contributed by atoms with Crippen molar-refractivity contribution in [1.29, 1.82) is 0 Å². The molecule has 0 saturated heterocycles. The maximum absolute atomic E-state index is 9.77. The Balaban J connectivity index is -0.000000295. The third-order valence-electron chi connectivity index (χ3n) is 1.59. The van der Waals surface area contributed by atoms with Crippen molar-refractivity contribution in [1.82, 2.24) is 0 Å². The monoisotopic (exact) mass is 361 g/mol. The summed E-state index contributed by atoms with van der Waals surface area (Å²) < 4.78 is 0. The van der Waals surface area contributed by atoms with Crippen LogP contribution in [0.1, 0.15) is 0 Å². The normalized spacial score (nSPS) is 15.0. The first kappa shape index (κ1) is 24.3. The molecule has 0 aliphatic carbocycles. The Kier molecular flexibility index (Phi) is 12.7. The van der Waals surface area contributed by atoms with Crippen LogP contribution in [0.15, 0.2) is 0 Å². The van der Waals surface area contributed by atoms with E-state index in [2.05, 4.69) is 0 Å². The Bertz CT molecular complexity index is 309. The summed E-state index contributed by atoms with van der Waals surface area (Å²) in [7, 11) is 0. The molecule has 6 N–H and O–H groups in total. The summed E-state index contributed by atoms with van der Waals surface area (Å²) in [5.41, 5.74) is 0. The van der Waals surface area contributed by atoms with Gasteiger partial charge in [-0.1, -0.05) is 0 Å². The van der Waals surface area contributed by atoms with E-state index in [9.17, 15) is 29.4 Å². The van der Waals surface area contributed by atoms with Gasteiger partial charge >= 0.3 is 29.0 Å². The summed E-state index contributed by atoms with van der Waals surface area (Å²) in [5.74, 6) is -7.65. The van der Waals surface area contributed by atoms with Crippen LogP contribution in [0.25, 0.3) is 0 Å². The van der Waals surface area contributed by atoms with Gasteiger partial charge in [0.15, 0.2) is 12.2 Å². The molecule has 0 saturated carbocycles. The van der Waals surface area contributed by atoms with Gasteiger partial charge in [0.25, 0.3) is 0 Å². The van der Waals surface area contributed by atoms with Crippen LogP contribution >= 0.6 is 0 Å². The van der Waals surface area contributed by atoms with Gasteiger partial charge in [0.2, 0.25) is 0 Å². The Morgan fingerprint density at radius 1 is 0.619 bits per heavy atom.